The van der Waals surface area contributed by atoms with Gasteiger partial charge in [-0.15, -0.1) is 12.4 Å². The number of aromatic nitrogens is 1. The highest BCUT2D eigenvalue weighted by Gasteiger charge is 2.24. The van der Waals surface area contributed by atoms with Crippen LogP contribution in [0.1, 0.15) is 6.42 Å². The Kier molecular flexibility index (Phi) is 4.79. The molecule has 0 bridgehead atoms. The Morgan fingerprint density at radius 1 is 1.04 bits per heavy atom. The first kappa shape index (κ1) is 17.5. The fourth-order valence-corrected chi connectivity index (χ4v) is 3.50. The number of pyridine rings is 1. The highest BCUT2D eigenvalue weighted by Crippen LogP contribution is 2.20. The maximum absolute atomic E-state index is 12.7. The van der Waals surface area contributed by atoms with Crippen molar-refractivity contribution in [2.45, 2.75) is 19.0 Å². The number of rotatable bonds is 2. The van der Waals surface area contributed by atoms with Crippen molar-refractivity contribution >= 4 is 40.1 Å². The number of likely N-dealkylation sites (tertiary alicyclic amines) is 1. The van der Waals surface area contributed by atoms with Crippen molar-refractivity contribution in [2.75, 3.05) is 13.1 Å². The lowest BCUT2D eigenvalue weighted by Crippen LogP contribution is -2.34. The third-order valence-corrected chi connectivity index (χ3v) is 4.75. The van der Waals surface area contributed by atoms with E-state index in [1.165, 1.54) is 0 Å². The fraction of sp³-hybridized carbons (Fsp3) is 0.263. The zero-order valence-corrected chi connectivity index (χ0v) is 14.5. The minimum Gasteiger partial charge on any atom is -0.340 e. The number of hydrogen-bond donors (Lipinski definition) is 1. The highest BCUT2D eigenvalue weighted by atomic mass is 35.5. The number of nitrogens with zero attached hydrogens (tertiary/aromatic N) is 2. The molecule has 0 radical (unpaired) electrons. The fourth-order valence-electron chi connectivity index (χ4n) is 3.50. The first-order valence-corrected chi connectivity index (χ1v) is 8.19. The number of para-hydroxylation sites is 2. The van der Waals surface area contributed by atoms with Gasteiger partial charge in [-0.05, 0) is 30.7 Å². The largest absolute Gasteiger partial charge is 0.340 e. The quantitative estimate of drug-likeness (QED) is 0.714. The van der Waals surface area contributed by atoms with E-state index in [9.17, 15) is 9.59 Å². The van der Waals surface area contributed by atoms with Crippen LogP contribution in [0.25, 0.3) is 21.8 Å². The Hall–Kier alpha value is -2.37. The number of fused-ring (bicyclic) bond motifs is 2. The van der Waals surface area contributed by atoms with Gasteiger partial charge in [-0.1, -0.05) is 24.3 Å². The van der Waals surface area contributed by atoms with E-state index in [1.54, 1.807) is 0 Å². The van der Waals surface area contributed by atoms with Crippen molar-refractivity contribution in [3.8, 4) is 0 Å². The van der Waals surface area contributed by atoms with Crippen molar-refractivity contribution in [1.82, 2.24) is 9.47 Å². The van der Waals surface area contributed by atoms with Crippen LogP contribution in [-0.4, -0.2) is 34.5 Å². The summed E-state index contributed by atoms with van der Waals surface area (Å²) < 4.78 is 1.94. The summed E-state index contributed by atoms with van der Waals surface area (Å²) in [6.45, 7) is 1.53. The first-order valence-electron chi connectivity index (χ1n) is 8.19. The van der Waals surface area contributed by atoms with Gasteiger partial charge in [0.15, 0.2) is 5.43 Å². The molecule has 6 heteroatoms. The molecule has 1 aliphatic heterocycles. The second-order valence-electron chi connectivity index (χ2n) is 6.34. The van der Waals surface area contributed by atoms with Gasteiger partial charge in [0.1, 0.15) is 6.54 Å². The number of amides is 1. The van der Waals surface area contributed by atoms with E-state index in [-0.39, 0.29) is 36.3 Å². The van der Waals surface area contributed by atoms with Gasteiger partial charge in [0.2, 0.25) is 5.91 Å². The summed E-state index contributed by atoms with van der Waals surface area (Å²) in [6.07, 6.45) is 0.845. The SMILES string of the molecule is Cl.N[C@@H]1CCN(C(=O)Cn2c3ccccc3c(=O)c3ccccc32)C1. The molecule has 130 valence electrons. The maximum atomic E-state index is 12.7. The van der Waals surface area contributed by atoms with Crippen molar-refractivity contribution in [3.63, 3.8) is 0 Å². The first-order chi connectivity index (χ1) is 11.6. The van der Waals surface area contributed by atoms with E-state index in [2.05, 4.69) is 0 Å². The van der Waals surface area contributed by atoms with Crippen LogP contribution in [0.2, 0.25) is 0 Å². The van der Waals surface area contributed by atoms with Gasteiger partial charge in [-0.25, -0.2) is 0 Å². The number of nitrogens with two attached hydrogens (primary N) is 1. The molecule has 1 saturated heterocycles. The molecule has 1 aliphatic rings. The van der Waals surface area contributed by atoms with Gasteiger partial charge in [0.05, 0.1) is 11.0 Å². The van der Waals surface area contributed by atoms with Crippen molar-refractivity contribution < 1.29 is 4.79 Å². The van der Waals surface area contributed by atoms with Crippen LogP contribution in [-0.2, 0) is 11.3 Å². The monoisotopic (exact) mass is 357 g/mol. The van der Waals surface area contributed by atoms with E-state index in [1.807, 2.05) is 58.0 Å². The molecule has 5 nitrogen and oxygen atoms in total. The highest BCUT2D eigenvalue weighted by molar-refractivity contribution is 5.94. The molecule has 2 heterocycles. The van der Waals surface area contributed by atoms with Gasteiger partial charge in [0.25, 0.3) is 0 Å². The van der Waals surface area contributed by atoms with Crippen LogP contribution in [0.4, 0.5) is 0 Å². The molecular weight excluding hydrogens is 338 g/mol. The zero-order chi connectivity index (χ0) is 16.7. The minimum atomic E-state index is 0. The molecule has 4 rings (SSSR count). The van der Waals surface area contributed by atoms with Crippen LogP contribution >= 0.6 is 12.4 Å². The second kappa shape index (κ2) is 6.86. The number of carbonyl (C=O) groups excluding carboxylic acids is 1. The van der Waals surface area contributed by atoms with Crippen LogP contribution in [0, 0.1) is 0 Å². The van der Waals surface area contributed by atoms with E-state index >= 15 is 0 Å². The third-order valence-electron chi connectivity index (χ3n) is 4.75. The molecule has 1 amide bonds. The molecule has 0 aliphatic carbocycles. The van der Waals surface area contributed by atoms with Gasteiger partial charge in [-0.3, -0.25) is 9.59 Å². The number of carbonyl (C=O) groups is 1. The van der Waals surface area contributed by atoms with E-state index in [4.69, 9.17) is 5.73 Å². The molecule has 1 fully saturated rings. The number of benzene rings is 2. The standard InChI is InChI=1S/C19H19N3O2.ClH/c20-13-9-10-21(11-13)18(23)12-22-16-7-3-1-5-14(16)19(24)15-6-2-4-8-17(15)22;/h1-8,13H,9-12,20H2;1H/t13-;/m1./s1. The maximum Gasteiger partial charge on any atom is 0.242 e. The van der Waals surface area contributed by atoms with Crippen molar-refractivity contribution in [3.05, 3.63) is 58.8 Å². The van der Waals surface area contributed by atoms with Gasteiger partial charge < -0.3 is 15.2 Å². The molecule has 1 atom stereocenters. The zero-order valence-electron chi connectivity index (χ0n) is 13.7. The van der Waals surface area contributed by atoms with E-state index < -0.39 is 0 Å². The second-order valence-corrected chi connectivity index (χ2v) is 6.34. The molecule has 3 aromatic rings. The van der Waals surface area contributed by atoms with E-state index in [0.29, 0.717) is 23.9 Å². The predicted molar refractivity (Wildman–Crippen MR) is 102 cm³/mol. The van der Waals surface area contributed by atoms with Crippen molar-refractivity contribution in [1.29, 1.82) is 0 Å². The third kappa shape index (κ3) is 3.01. The average Bonchev–Trinajstić information content (AvgIpc) is 3.05. The summed E-state index contributed by atoms with van der Waals surface area (Å²) in [5, 5.41) is 1.28. The summed E-state index contributed by atoms with van der Waals surface area (Å²) >= 11 is 0. The lowest BCUT2D eigenvalue weighted by Gasteiger charge is -2.19. The number of hydrogen-bond acceptors (Lipinski definition) is 3. The van der Waals surface area contributed by atoms with Gasteiger partial charge in [-0.2, -0.15) is 0 Å². The van der Waals surface area contributed by atoms with Crippen LogP contribution in [0.15, 0.2) is 53.3 Å². The Morgan fingerprint density at radius 2 is 1.60 bits per heavy atom. The van der Waals surface area contributed by atoms with Gasteiger partial charge in [0, 0.05) is 29.9 Å². The lowest BCUT2D eigenvalue weighted by molar-refractivity contribution is -0.130. The summed E-state index contributed by atoms with van der Waals surface area (Å²) in [6, 6.07) is 15.0. The molecule has 0 unspecified atom stereocenters. The normalized spacial score (nSPS) is 17.0. The topological polar surface area (TPSA) is 68.3 Å². The molecule has 2 aromatic carbocycles. The Balaban J connectivity index is 0.00000182. The predicted octanol–water partition coefficient (Wildman–Crippen LogP) is 2.14. The van der Waals surface area contributed by atoms with Crippen LogP contribution < -0.4 is 11.2 Å². The molecule has 25 heavy (non-hydrogen) atoms. The number of halogens is 1. The molecule has 0 spiro atoms. The Labute approximate surface area is 151 Å². The molecule has 0 saturated carbocycles. The van der Waals surface area contributed by atoms with E-state index in [0.717, 1.165) is 17.5 Å². The minimum absolute atomic E-state index is 0. The molecular formula is C19H20ClN3O2. The summed E-state index contributed by atoms with van der Waals surface area (Å²) in [4.78, 5) is 27.2. The van der Waals surface area contributed by atoms with Crippen LogP contribution in [0.3, 0.4) is 0 Å². The molecule has 1 aromatic heterocycles. The lowest BCUT2D eigenvalue weighted by atomic mass is 10.1. The van der Waals surface area contributed by atoms with Crippen molar-refractivity contribution in [2.24, 2.45) is 5.73 Å². The summed E-state index contributed by atoms with van der Waals surface area (Å²) in [5.74, 6) is 0.0434. The summed E-state index contributed by atoms with van der Waals surface area (Å²) in [7, 11) is 0. The van der Waals surface area contributed by atoms with Gasteiger partial charge >= 0.3 is 0 Å². The smallest absolute Gasteiger partial charge is 0.242 e. The summed E-state index contributed by atoms with van der Waals surface area (Å²) in [5.41, 5.74) is 7.50. The molecule has 2 N–H and O–H groups in total. The average molecular weight is 358 g/mol. The Bertz CT molecular complexity index is 939. The Morgan fingerprint density at radius 3 is 2.12 bits per heavy atom. The van der Waals surface area contributed by atoms with Crippen LogP contribution in [0.5, 0.6) is 0 Å².